The van der Waals surface area contributed by atoms with E-state index in [0.29, 0.717) is 16.4 Å². The largest absolute Gasteiger partial charge is 0.462 e. The highest BCUT2D eigenvalue weighted by atomic mass is 32.4. The van der Waals surface area contributed by atoms with Gasteiger partial charge in [-0.3, -0.25) is 0 Å². The summed E-state index contributed by atoms with van der Waals surface area (Å²) in [6.45, 7) is 4.04. The molecule has 2 aromatic heterocycles. The lowest BCUT2D eigenvalue weighted by Crippen LogP contribution is -2.37. The molecule has 4 aromatic rings. The molecule has 1 aliphatic rings. The first kappa shape index (κ1) is 27.0. The van der Waals surface area contributed by atoms with Crippen LogP contribution in [-0.2, 0) is 16.5 Å². The molecule has 8 nitrogen and oxygen atoms in total. The fraction of sp³-hybridized carbons (Fsp3) is 0.214. The number of aryl methyl sites for hydroxylation is 1. The molecule has 1 aliphatic heterocycles. The predicted octanol–water partition coefficient (Wildman–Crippen LogP) is 5.01. The highest BCUT2D eigenvalue weighted by Gasteiger charge is 2.42. The molecule has 0 radical (unpaired) electrons. The van der Waals surface area contributed by atoms with E-state index in [1.165, 1.54) is 11.3 Å². The summed E-state index contributed by atoms with van der Waals surface area (Å²) in [6.07, 6.45) is -1.06. The molecule has 2 aromatic carbocycles. The van der Waals surface area contributed by atoms with Gasteiger partial charge in [0.2, 0.25) is 0 Å². The van der Waals surface area contributed by atoms with Gasteiger partial charge in [0.1, 0.15) is 17.0 Å². The Morgan fingerprint density at radius 2 is 1.82 bits per heavy atom. The van der Waals surface area contributed by atoms with E-state index < -0.39 is 12.2 Å². The van der Waals surface area contributed by atoms with Gasteiger partial charge in [-0.25, -0.2) is 19.5 Å². The van der Waals surface area contributed by atoms with E-state index >= 15 is 0 Å². The molecule has 1 unspecified atom stereocenters. The first-order chi connectivity index (χ1) is 18.8. The Morgan fingerprint density at radius 1 is 1.15 bits per heavy atom. The molecule has 39 heavy (non-hydrogen) atoms. The number of ether oxygens (including phenoxy) is 1. The number of aromatic nitrogens is 2. The highest BCUT2D eigenvalue weighted by molar-refractivity contribution is 8.22. The molecule has 0 amide bonds. The third-order valence-corrected chi connectivity index (χ3v) is 13.2. The number of amidine groups is 1. The van der Waals surface area contributed by atoms with Crippen LogP contribution in [0.5, 0.6) is 0 Å². The van der Waals surface area contributed by atoms with Gasteiger partial charge >= 0.3 is 5.97 Å². The Labute approximate surface area is 237 Å². The second kappa shape index (κ2) is 10.9. The van der Waals surface area contributed by atoms with Crippen LogP contribution in [0.2, 0.25) is 0 Å². The molecular weight excluding hydrogens is 547 g/mol. The molecule has 1 atom stereocenters. The van der Waals surface area contributed by atoms with Gasteiger partial charge in [0.05, 0.1) is 39.8 Å². The van der Waals surface area contributed by atoms with E-state index in [1.54, 1.807) is 13.3 Å². The number of para-hydroxylation sites is 1. The fourth-order valence-electron chi connectivity index (χ4n) is 4.40. The summed E-state index contributed by atoms with van der Waals surface area (Å²) in [6, 6.07) is 21.8. The standard InChI is InChI=1S/C28H29N6O2PS2/c1-6-36-28(35)22-17-23(39-27(22)29-18-32(3)4)37(38)24-19(2)31-34(21-15-11-8-12-16-21)26(24)30-25(33(37)5)20-13-9-7-10-14-20/h7-18H,6H2,1-5H3. The summed E-state index contributed by atoms with van der Waals surface area (Å²) in [5.41, 5.74) is 3.07. The van der Waals surface area contributed by atoms with Crippen molar-refractivity contribution in [3.8, 4) is 5.69 Å². The normalized spacial score (nSPS) is 16.7. The van der Waals surface area contributed by atoms with Crippen LogP contribution in [0.25, 0.3) is 5.69 Å². The molecule has 0 N–H and O–H groups in total. The summed E-state index contributed by atoms with van der Waals surface area (Å²) in [5, 5.41) is 6.39. The Kier molecular flexibility index (Phi) is 7.53. The minimum atomic E-state index is -2.74. The van der Waals surface area contributed by atoms with Crippen molar-refractivity contribution in [3.05, 3.63) is 83.6 Å². The molecule has 200 valence electrons. The Hall–Kier alpha value is -3.59. The van der Waals surface area contributed by atoms with E-state index in [9.17, 15) is 4.79 Å². The Bertz CT molecular complexity index is 1630. The lowest BCUT2D eigenvalue weighted by atomic mass is 10.2. The Morgan fingerprint density at radius 3 is 2.46 bits per heavy atom. The van der Waals surface area contributed by atoms with Crippen molar-refractivity contribution in [2.75, 3.05) is 27.7 Å². The SMILES string of the molecule is CCOC(=O)c1cc(P2(=S)c3c(C)nn(-c4ccccc4)c3N=C(c3ccccc3)N2C)sc1N=CN(C)C. The van der Waals surface area contributed by atoms with Gasteiger partial charge in [0, 0.05) is 26.7 Å². The number of nitrogens with zero attached hydrogens (tertiary/aromatic N) is 6. The molecule has 0 bridgehead atoms. The first-order valence-electron chi connectivity index (χ1n) is 12.4. The topological polar surface area (TPSA) is 75.3 Å². The number of carbonyl (C=O) groups is 1. The van der Waals surface area contributed by atoms with E-state index in [4.69, 9.17) is 26.6 Å². The average molecular weight is 577 g/mol. The fourth-order valence-corrected chi connectivity index (χ4v) is 10.3. The number of esters is 1. The summed E-state index contributed by atoms with van der Waals surface area (Å²) >= 11 is 8.11. The zero-order chi connectivity index (χ0) is 27.7. The number of hydrogen-bond donors (Lipinski definition) is 0. The van der Waals surface area contributed by atoms with Crippen LogP contribution in [0.3, 0.4) is 0 Å². The van der Waals surface area contributed by atoms with Crippen molar-refractivity contribution in [2.24, 2.45) is 9.98 Å². The molecule has 5 rings (SSSR count). The van der Waals surface area contributed by atoms with Gasteiger partial charge in [-0.2, -0.15) is 5.10 Å². The third kappa shape index (κ3) is 4.84. The van der Waals surface area contributed by atoms with Crippen LogP contribution in [0, 0.1) is 6.92 Å². The maximum absolute atomic E-state index is 13.0. The van der Waals surface area contributed by atoms with Crippen molar-refractivity contribution in [1.82, 2.24) is 19.4 Å². The number of thiophene rings is 1. The van der Waals surface area contributed by atoms with Gasteiger partial charge in [-0.1, -0.05) is 60.3 Å². The van der Waals surface area contributed by atoms with Crippen molar-refractivity contribution in [1.29, 1.82) is 0 Å². The van der Waals surface area contributed by atoms with E-state index in [0.717, 1.165) is 32.7 Å². The molecular formula is C28H29N6O2PS2. The van der Waals surface area contributed by atoms with E-state index in [2.05, 4.69) is 9.66 Å². The second-order valence-electron chi connectivity index (χ2n) is 9.14. The highest BCUT2D eigenvalue weighted by Crippen LogP contribution is 2.56. The number of aliphatic imine (C=N–C) groups is 2. The monoisotopic (exact) mass is 576 g/mol. The van der Waals surface area contributed by atoms with Crippen molar-refractivity contribution in [2.45, 2.75) is 13.8 Å². The summed E-state index contributed by atoms with van der Waals surface area (Å²) < 4.78 is 10.2. The lowest BCUT2D eigenvalue weighted by molar-refractivity contribution is 0.0528. The Balaban J connectivity index is 1.79. The zero-order valence-electron chi connectivity index (χ0n) is 22.4. The lowest BCUT2D eigenvalue weighted by Gasteiger charge is -2.37. The van der Waals surface area contributed by atoms with E-state index in [1.807, 2.05) is 104 Å². The van der Waals surface area contributed by atoms with Gasteiger partial charge in [-0.15, -0.1) is 11.3 Å². The third-order valence-electron chi connectivity index (χ3n) is 6.18. The van der Waals surface area contributed by atoms with Gasteiger partial charge in [0.25, 0.3) is 0 Å². The molecule has 0 fully saturated rings. The quantitative estimate of drug-likeness (QED) is 0.133. The average Bonchev–Trinajstić information content (AvgIpc) is 3.52. The van der Waals surface area contributed by atoms with Crippen molar-refractivity contribution in [3.63, 3.8) is 0 Å². The van der Waals surface area contributed by atoms with Crippen LogP contribution in [0.4, 0.5) is 10.8 Å². The number of fused-ring (bicyclic) bond motifs is 1. The minimum absolute atomic E-state index is 0.271. The molecule has 0 saturated heterocycles. The molecule has 3 heterocycles. The summed E-state index contributed by atoms with van der Waals surface area (Å²) in [4.78, 5) is 24.6. The second-order valence-corrected chi connectivity index (χ2v) is 14.7. The van der Waals surface area contributed by atoms with Crippen LogP contribution in [0.15, 0.2) is 76.7 Å². The number of rotatable bonds is 7. The van der Waals surface area contributed by atoms with Gasteiger partial charge < -0.3 is 14.3 Å². The van der Waals surface area contributed by atoms with Crippen LogP contribution < -0.4 is 9.92 Å². The zero-order valence-corrected chi connectivity index (χ0v) is 24.9. The number of carbonyl (C=O) groups excluding carboxylic acids is 1. The molecule has 0 saturated carbocycles. The minimum Gasteiger partial charge on any atom is -0.462 e. The van der Waals surface area contributed by atoms with Gasteiger partial charge in [-0.05, 0) is 32.0 Å². The molecule has 11 heteroatoms. The predicted molar refractivity (Wildman–Crippen MR) is 164 cm³/mol. The molecule has 0 spiro atoms. The van der Waals surface area contributed by atoms with Crippen molar-refractivity contribution >= 4 is 68.2 Å². The summed E-state index contributed by atoms with van der Waals surface area (Å²) in [5.74, 6) is 1.05. The maximum Gasteiger partial charge on any atom is 0.341 e. The maximum atomic E-state index is 13.0. The van der Waals surface area contributed by atoms with Crippen molar-refractivity contribution < 1.29 is 9.53 Å². The first-order valence-corrected chi connectivity index (χ1v) is 16.0. The number of benzene rings is 2. The molecule has 0 aliphatic carbocycles. The summed E-state index contributed by atoms with van der Waals surface area (Å²) in [7, 11) is 5.75. The van der Waals surface area contributed by atoms with Crippen LogP contribution >= 0.6 is 17.5 Å². The van der Waals surface area contributed by atoms with Crippen LogP contribution in [-0.4, -0.2) is 65.2 Å². The smallest absolute Gasteiger partial charge is 0.341 e. The van der Waals surface area contributed by atoms with Crippen LogP contribution in [0.1, 0.15) is 28.5 Å². The van der Waals surface area contributed by atoms with Gasteiger partial charge in [0.15, 0.2) is 5.82 Å². The number of hydrogen-bond acceptors (Lipinski definition) is 7. The van der Waals surface area contributed by atoms with E-state index in [-0.39, 0.29) is 6.61 Å².